The Kier molecular flexibility index (Phi) is 7.98. The van der Waals surface area contributed by atoms with Crippen molar-refractivity contribution in [3.63, 3.8) is 0 Å². The van der Waals surface area contributed by atoms with Crippen LogP contribution in [0.1, 0.15) is 27.8 Å². The van der Waals surface area contributed by atoms with Crippen LogP contribution >= 0.6 is 11.6 Å². The Hall–Kier alpha value is -4.36. The number of anilines is 1. The second-order valence-corrected chi connectivity index (χ2v) is 9.28. The highest BCUT2D eigenvalue weighted by Gasteiger charge is 2.37. The van der Waals surface area contributed by atoms with Crippen LogP contribution in [-0.2, 0) is 22.6 Å². The number of hydrogen-bond acceptors (Lipinski definition) is 5. The first-order chi connectivity index (χ1) is 18.2. The molecule has 3 aromatic rings. The van der Waals surface area contributed by atoms with Crippen molar-refractivity contribution in [2.24, 2.45) is 0 Å². The number of amides is 4. The molecular formula is C30H27ClN2O5. The van der Waals surface area contributed by atoms with Gasteiger partial charge in [0.25, 0.3) is 11.8 Å². The van der Waals surface area contributed by atoms with E-state index in [9.17, 15) is 14.4 Å². The molecule has 3 aromatic carbocycles. The molecule has 1 heterocycles. The second-order valence-electron chi connectivity index (χ2n) is 8.87. The number of rotatable bonds is 8. The van der Waals surface area contributed by atoms with Crippen molar-refractivity contribution in [3.8, 4) is 11.5 Å². The molecule has 7 nitrogen and oxygen atoms in total. The number of hydrogen-bond donors (Lipinski definition) is 1. The van der Waals surface area contributed by atoms with Gasteiger partial charge in [-0.2, -0.15) is 0 Å². The van der Waals surface area contributed by atoms with Crippen LogP contribution in [0.4, 0.5) is 10.5 Å². The summed E-state index contributed by atoms with van der Waals surface area (Å²) in [7, 11) is 1.52. The molecule has 0 saturated carbocycles. The molecule has 4 amide bonds. The van der Waals surface area contributed by atoms with E-state index in [1.165, 1.54) is 19.3 Å². The predicted octanol–water partition coefficient (Wildman–Crippen LogP) is 5.94. The van der Waals surface area contributed by atoms with Gasteiger partial charge in [-0.3, -0.25) is 14.9 Å². The first kappa shape index (κ1) is 26.7. The molecule has 0 aromatic heterocycles. The lowest BCUT2D eigenvalue weighted by atomic mass is 10.0. The van der Waals surface area contributed by atoms with Crippen LogP contribution < -0.4 is 19.7 Å². The molecule has 0 bridgehead atoms. The number of nitrogens with zero attached hydrogens (tertiary/aromatic N) is 1. The quantitative estimate of drug-likeness (QED) is 0.221. The van der Waals surface area contributed by atoms with Gasteiger partial charge in [0, 0.05) is 10.6 Å². The monoisotopic (exact) mass is 530 g/mol. The number of methoxy groups -OCH3 is 1. The molecule has 1 fully saturated rings. The van der Waals surface area contributed by atoms with Gasteiger partial charge >= 0.3 is 6.03 Å². The molecular weight excluding hydrogens is 504 g/mol. The third kappa shape index (κ3) is 5.63. The largest absolute Gasteiger partial charge is 0.493 e. The molecule has 4 rings (SSSR count). The lowest BCUT2D eigenvalue weighted by Gasteiger charge is -2.26. The third-order valence-electron chi connectivity index (χ3n) is 6.03. The Morgan fingerprint density at radius 2 is 1.84 bits per heavy atom. The zero-order valence-corrected chi connectivity index (χ0v) is 22.1. The first-order valence-corrected chi connectivity index (χ1v) is 12.3. The van der Waals surface area contributed by atoms with Gasteiger partial charge in [0.2, 0.25) is 0 Å². The summed E-state index contributed by atoms with van der Waals surface area (Å²) in [6.45, 7) is 7.99. The molecule has 0 aliphatic carbocycles. The average molecular weight is 531 g/mol. The van der Waals surface area contributed by atoms with Crippen molar-refractivity contribution in [3.05, 3.63) is 106 Å². The van der Waals surface area contributed by atoms with E-state index in [0.717, 1.165) is 27.2 Å². The van der Waals surface area contributed by atoms with Crippen molar-refractivity contribution < 1.29 is 23.9 Å². The molecule has 1 aliphatic heterocycles. The highest BCUT2D eigenvalue weighted by atomic mass is 35.5. The first-order valence-electron chi connectivity index (χ1n) is 11.9. The minimum absolute atomic E-state index is 0.207. The molecule has 0 spiro atoms. The SMILES string of the molecule is C=CCc1cc(/C=C2/C(=O)NC(=O)N(c3ccc(C)c(Cl)c3)C2=O)cc(OC)c1OCc1cccc(C)c1. The number of aryl methyl sites for hydroxylation is 2. The Bertz CT molecular complexity index is 1480. The van der Waals surface area contributed by atoms with E-state index in [2.05, 4.69) is 11.9 Å². The fraction of sp³-hybridized carbons (Fsp3) is 0.167. The topological polar surface area (TPSA) is 84.9 Å². The summed E-state index contributed by atoms with van der Waals surface area (Å²) in [5.74, 6) is -0.575. The number of allylic oxidation sites excluding steroid dienone is 1. The van der Waals surface area contributed by atoms with E-state index in [1.807, 2.05) is 38.1 Å². The summed E-state index contributed by atoms with van der Waals surface area (Å²) in [6.07, 6.45) is 3.61. The van der Waals surface area contributed by atoms with Crippen LogP contribution in [-0.4, -0.2) is 25.0 Å². The van der Waals surface area contributed by atoms with Crippen LogP contribution in [0.2, 0.25) is 5.02 Å². The smallest absolute Gasteiger partial charge is 0.335 e. The van der Waals surface area contributed by atoms with Crippen LogP contribution in [0.3, 0.4) is 0 Å². The number of nitrogens with one attached hydrogen (secondary N) is 1. The van der Waals surface area contributed by atoms with Crippen LogP contribution in [0.25, 0.3) is 6.08 Å². The van der Waals surface area contributed by atoms with Crippen LogP contribution in [0, 0.1) is 13.8 Å². The fourth-order valence-corrected chi connectivity index (χ4v) is 4.30. The molecule has 1 aliphatic rings. The Labute approximate surface area is 226 Å². The van der Waals surface area contributed by atoms with Crippen molar-refractivity contribution in [1.29, 1.82) is 0 Å². The second kappa shape index (κ2) is 11.4. The van der Waals surface area contributed by atoms with Gasteiger partial charge in [-0.05, 0) is 67.3 Å². The summed E-state index contributed by atoms with van der Waals surface area (Å²) in [4.78, 5) is 39.5. The Balaban J connectivity index is 1.70. The predicted molar refractivity (Wildman–Crippen MR) is 148 cm³/mol. The van der Waals surface area contributed by atoms with E-state index in [1.54, 1.807) is 30.3 Å². The highest BCUT2D eigenvalue weighted by Crippen LogP contribution is 2.35. The minimum atomic E-state index is -0.845. The lowest BCUT2D eigenvalue weighted by molar-refractivity contribution is -0.122. The summed E-state index contributed by atoms with van der Waals surface area (Å²) in [5.41, 5.74) is 4.26. The van der Waals surface area contributed by atoms with Gasteiger partial charge in [-0.1, -0.05) is 53.6 Å². The van der Waals surface area contributed by atoms with Crippen molar-refractivity contribution in [1.82, 2.24) is 5.32 Å². The van der Waals surface area contributed by atoms with Gasteiger partial charge in [0.15, 0.2) is 11.5 Å². The maximum atomic E-state index is 13.3. The standard InChI is InChI=1S/C30H27ClN2O5/c1-5-7-22-13-21(15-26(37-4)27(22)38-17-20-9-6-8-18(2)12-20)14-24-28(34)32-30(36)33(29(24)35)23-11-10-19(3)25(31)16-23/h5-6,8-16H,1,7,17H2,2-4H3,(H,32,34,36)/b24-14-. The summed E-state index contributed by atoms with van der Waals surface area (Å²) < 4.78 is 11.8. The molecule has 1 N–H and O–H groups in total. The number of carbonyl (C=O) groups excluding carboxylic acids is 3. The lowest BCUT2D eigenvalue weighted by Crippen LogP contribution is -2.54. The maximum Gasteiger partial charge on any atom is 0.335 e. The number of barbiturate groups is 1. The summed E-state index contributed by atoms with van der Waals surface area (Å²) >= 11 is 6.21. The third-order valence-corrected chi connectivity index (χ3v) is 6.44. The zero-order valence-electron chi connectivity index (χ0n) is 21.3. The molecule has 8 heteroatoms. The summed E-state index contributed by atoms with van der Waals surface area (Å²) in [5, 5.41) is 2.62. The fourth-order valence-electron chi connectivity index (χ4n) is 4.13. The van der Waals surface area contributed by atoms with Gasteiger partial charge in [-0.25, -0.2) is 9.69 Å². The van der Waals surface area contributed by atoms with E-state index >= 15 is 0 Å². The number of ether oxygens (including phenoxy) is 2. The van der Waals surface area contributed by atoms with Gasteiger partial charge < -0.3 is 9.47 Å². The summed E-state index contributed by atoms with van der Waals surface area (Å²) in [6, 6.07) is 15.4. The van der Waals surface area contributed by atoms with Crippen LogP contribution in [0.15, 0.2) is 72.8 Å². The molecule has 38 heavy (non-hydrogen) atoms. The molecule has 194 valence electrons. The zero-order chi connectivity index (χ0) is 27.4. The normalized spacial score (nSPS) is 14.5. The molecule has 1 saturated heterocycles. The molecule has 0 unspecified atom stereocenters. The Morgan fingerprint density at radius 1 is 1.05 bits per heavy atom. The number of halogens is 1. The Morgan fingerprint density at radius 3 is 2.53 bits per heavy atom. The number of imide groups is 2. The van der Waals surface area contributed by atoms with Crippen molar-refractivity contribution in [2.45, 2.75) is 26.9 Å². The van der Waals surface area contributed by atoms with E-state index in [4.69, 9.17) is 21.1 Å². The molecule has 0 atom stereocenters. The minimum Gasteiger partial charge on any atom is -0.493 e. The maximum absolute atomic E-state index is 13.3. The van der Waals surface area contributed by atoms with Crippen molar-refractivity contribution in [2.75, 3.05) is 12.0 Å². The molecule has 0 radical (unpaired) electrons. The van der Waals surface area contributed by atoms with Gasteiger partial charge in [0.05, 0.1) is 12.8 Å². The number of urea groups is 1. The average Bonchev–Trinajstić information content (AvgIpc) is 2.87. The van der Waals surface area contributed by atoms with Crippen LogP contribution in [0.5, 0.6) is 11.5 Å². The van der Waals surface area contributed by atoms with Crippen molar-refractivity contribution >= 4 is 41.2 Å². The van der Waals surface area contributed by atoms with E-state index in [-0.39, 0.29) is 11.3 Å². The number of carbonyl (C=O) groups is 3. The number of benzene rings is 3. The highest BCUT2D eigenvalue weighted by molar-refractivity contribution is 6.39. The van der Waals surface area contributed by atoms with Gasteiger partial charge in [-0.15, -0.1) is 6.58 Å². The van der Waals surface area contributed by atoms with Gasteiger partial charge in [0.1, 0.15) is 12.2 Å². The van der Waals surface area contributed by atoms with E-state index < -0.39 is 17.8 Å². The van der Waals surface area contributed by atoms with E-state index in [0.29, 0.717) is 35.1 Å².